The lowest BCUT2D eigenvalue weighted by atomic mass is 9.98. The van der Waals surface area contributed by atoms with Crippen molar-refractivity contribution in [3.05, 3.63) is 65.2 Å². The number of alkyl halides is 3. The Morgan fingerprint density at radius 3 is 2.38 bits per heavy atom. The van der Waals surface area contributed by atoms with E-state index in [1.54, 1.807) is 24.3 Å². The van der Waals surface area contributed by atoms with Gasteiger partial charge in [-0.05, 0) is 29.8 Å². The van der Waals surface area contributed by atoms with Gasteiger partial charge >= 0.3 is 12.1 Å². The van der Waals surface area contributed by atoms with Crippen molar-refractivity contribution in [3.63, 3.8) is 0 Å². The van der Waals surface area contributed by atoms with Crippen LogP contribution in [0.4, 0.5) is 13.2 Å². The SMILES string of the molecule is O=C1OC(C(=O)N2CCN(S(=O)(=O)c3cccc(C(F)(F)F)c3)CC2)Cc2ccccc21. The molecule has 1 fully saturated rings. The number of cyclic esters (lactones) is 1. The van der Waals surface area contributed by atoms with Crippen LogP contribution in [0.25, 0.3) is 0 Å². The molecule has 2 aliphatic rings. The first kappa shape index (κ1) is 22.3. The van der Waals surface area contributed by atoms with E-state index >= 15 is 0 Å². The molecule has 170 valence electrons. The number of benzene rings is 2. The molecule has 0 spiro atoms. The molecule has 2 aromatic carbocycles. The zero-order valence-electron chi connectivity index (χ0n) is 16.7. The summed E-state index contributed by atoms with van der Waals surface area (Å²) in [5.41, 5.74) is 0.0631. The van der Waals surface area contributed by atoms with Gasteiger partial charge in [0.1, 0.15) is 0 Å². The number of esters is 1. The van der Waals surface area contributed by atoms with Gasteiger partial charge in [0.2, 0.25) is 10.0 Å². The second kappa shape index (κ2) is 8.21. The monoisotopic (exact) mass is 468 g/mol. The molecule has 1 amide bonds. The quantitative estimate of drug-likeness (QED) is 0.646. The number of hydrogen-bond donors (Lipinski definition) is 0. The van der Waals surface area contributed by atoms with Gasteiger partial charge in [0.15, 0.2) is 6.10 Å². The molecule has 1 atom stereocenters. The van der Waals surface area contributed by atoms with Gasteiger partial charge in [0, 0.05) is 32.6 Å². The Labute approximate surface area is 182 Å². The predicted molar refractivity (Wildman–Crippen MR) is 106 cm³/mol. The van der Waals surface area contributed by atoms with Crippen molar-refractivity contribution >= 4 is 21.9 Å². The molecule has 0 saturated carbocycles. The molecular weight excluding hydrogens is 449 g/mol. The second-order valence-corrected chi connectivity index (χ2v) is 9.45. The maximum atomic E-state index is 12.9. The van der Waals surface area contributed by atoms with Gasteiger partial charge in [-0.3, -0.25) is 4.79 Å². The van der Waals surface area contributed by atoms with Crippen molar-refractivity contribution in [3.8, 4) is 0 Å². The lowest BCUT2D eigenvalue weighted by Gasteiger charge is -2.36. The molecule has 0 aromatic heterocycles. The highest BCUT2D eigenvalue weighted by atomic mass is 32.2. The molecule has 2 heterocycles. The van der Waals surface area contributed by atoms with E-state index in [2.05, 4.69) is 0 Å². The first-order valence-electron chi connectivity index (χ1n) is 9.82. The number of rotatable bonds is 3. The molecular formula is C21H19F3N2O5S. The first-order chi connectivity index (χ1) is 15.1. The van der Waals surface area contributed by atoms with Crippen molar-refractivity contribution in [1.29, 1.82) is 0 Å². The molecule has 7 nitrogen and oxygen atoms in total. The average Bonchev–Trinajstić information content (AvgIpc) is 2.78. The number of carbonyl (C=O) groups is 2. The Morgan fingerprint density at radius 2 is 1.69 bits per heavy atom. The van der Waals surface area contributed by atoms with Crippen LogP contribution in [0.15, 0.2) is 53.4 Å². The van der Waals surface area contributed by atoms with Crippen LogP contribution in [0.3, 0.4) is 0 Å². The number of ether oxygens (including phenoxy) is 1. The van der Waals surface area contributed by atoms with Crippen LogP contribution < -0.4 is 0 Å². The predicted octanol–water partition coefficient (Wildman–Crippen LogP) is 2.32. The van der Waals surface area contributed by atoms with Crippen LogP contribution >= 0.6 is 0 Å². The molecule has 1 unspecified atom stereocenters. The van der Waals surface area contributed by atoms with Crippen LogP contribution in [-0.2, 0) is 32.2 Å². The smallest absolute Gasteiger partial charge is 0.416 e. The number of carbonyl (C=O) groups excluding carboxylic acids is 2. The zero-order valence-corrected chi connectivity index (χ0v) is 17.5. The van der Waals surface area contributed by atoms with Crippen LogP contribution in [-0.4, -0.2) is 61.8 Å². The van der Waals surface area contributed by atoms with Gasteiger partial charge in [-0.15, -0.1) is 0 Å². The second-order valence-electron chi connectivity index (χ2n) is 7.51. The summed E-state index contributed by atoms with van der Waals surface area (Å²) in [4.78, 5) is 26.0. The third-order valence-electron chi connectivity index (χ3n) is 5.52. The molecule has 4 rings (SSSR count). The lowest BCUT2D eigenvalue weighted by Crippen LogP contribution is -2.54. The van der Waals surface area contributed by atoms with Crippen LogP contribution in [0.2, 0.25) is 0 Å². The third kappa shape index (κ3) is 4.22. The highest BCUT2D eigenvalue weighted by Gasteiger charge is 2.37. The molecule has 2 aromatic rings. The minimum absolute atomic E-state index is 0.0344. The van der Waals surface area contributed by atoms with Gasteiger partial charge in [0.05, 0.1) is 16.0 Å². The Hall–Kier alpha value is -2.92. The normalized spacial score (nSPS) is 19.9. The minimum Gasteiger partial charge on any atom is -0.448 e. The molecule has 0 bridgehead atoms. The van der Waals surface area contributed by atoms with Crippen LogP contribution in [0.1, 0.15) is 21.5 Å². The fraction of sp³-hybridized carbons (Fsp3) is 0.333. The van der Waals surface area contributed by atoms with E-state index in [-0.39, 0.29) is 32.6 Å². The van der Waals surface area contributed by atoms with E-state index in [4.69, 9.17) is 4.74 Å². The summed E-state index contributed by atoms with van der Waals surface area (Å²) < 4.78 is 70.8. The van der Waals surface area contributed by atoms with E-state index in [1.807, 2.05) is 0 Å². The summed E-state index contributed by atoms with van der Waals surface area (Å²) in [7, 11) is -4.16. The number of fused-ring (bicyclic) bond motifs is 1. The summed E-state index contributed by atoms with van der Waals surface area (Å²) in [5.74, 6) is -1.01. The van der Waals surface area contributed by atoms with E-state index in [1.165, 1.54) is 4.90 Å². The number of halogens is 3. The summed E-state index contributed by atoms with van der Waals surface area (Å²) >= 11 is 0. The fourth-order valence-corrected chi connectivity index (χ4v) is 5.27. The maximum absolute atomic E-state index is 12.9. The number of hydrogen-bond acceptors (Lipinski definition) is 5. The summed E-state index contributed by atoms with van der Waals surface area (Å²) in [5, 5.41) is 0. The standard InChI is InChI=1S/C21H19F3N2O5S/c22-21(23,24)15-5-3-6-16(13-15)32(29,30)26-10-8-25(9-11-26)19(27)18-12-14-4-1-2-7-17(14)20(28)31-18/h1-7,13,18H,8-12H2. The van der Waals surface area contributed by atoms with Gasteiger partial charge in [-0.2, -0.15) is 17.5 Å². The van der Waals surface area contributed by atoms with Crippen molar-refractivity contribution in [2.75, 3.05) is 26.2 Å². The molecule has 0 aliphatic carbocycles. The van der Waals surface area contributed by atoms with Crippen molar-refractivity contribution in [2.24, 2.45) is 0 Å². The maximum Gasteiger partial charge on any atom is 0.416 e. The van der Waals surface area contributed by atoms with E-state index in [0.29, 0.717) is 17.2 Å². The number of amides is 1. The number of piperazine rings is 1. The largest absolute Gasteiger partial charge is 0.448 e. The van der Waals surface area contributed by atoms with E-state index in [9.17, 15) is 31.2 Å². The van der Waals surface area contributed by atoms with Crippen molar-refractivity contribution in [2.45, 2.75) is 23.6 Å². The molecule has 0 N–H and O–H groups in total. The Bertz CT molecular complexity index is 1160. The van der Waals surface area contributed by atoms with Crippen LogP contribution in [0, 0.1) is 0 Å². The fourth-order valence-electron chi connectivity index (χ4n) is 3.80. The lowest BCUT2D eigenvalue weighted by molar-refractivity contribution is -0.142. The first-order valence-corrected chi connectivity index (χ1v) is 11.3. The summed E-state index contributed by atoms with van der Waals surface area (Å²) in [6.45, 7) is -0.0947. The third-order valence-corrected chi connectivity index (χ3v) is 7.41. The Kier molecular flexibility index (Phi) is 5.72. The zero-order chi connectivity index (χ0) is 23.1. The topological polar surface area (TPSA) is 84.0 Å². The number of sulfonamides is 1. The van der Waals surface area contributed by atoms with E-state index < -0.39 is 44.6 Å². The van der Waals surface area contributed by atoms with Gasteiger partial charge in [-0.25, -0.2) is 13.2 Å². The van der Waals surface area contributed by atoms with Crippen LogP contribution in [0.5, 0.6) is 0 Å². The summed E-state index contributed by atoms with van der Waals surface area (Å²) in [6, 6.07) is 10.4. The molecule has 11 heteroatoms. The van der Waals surface area contributed by atoms with Gasteiger partial charge < -0.3 is 9.64 Å². The van der Waals surface area contributed by atoms with Crippen molar-refractivity contribution in [1.82, 2.24) is 9.21 Å². The highest BCUT2D eigenvalue weighted by molar-refractivity contribution is 7.89. The Morgan fingerprint density at radius 1 is 1.00 bits per heavy atom. The molecule has 1 saturated heterocycles. The van der Waals surface area contributed by atoms with E-state index in [0.717, 1.165) is 22.5 Å². The van der Waals surface area contributed by atoms with Gasteiger partial charge in [-0.1, -0.05) is 24.3 Å². The minimum atomic E-state index is -4.66. The molecule has 2 aliphatic heterocycles. The van der Waals surface area contributed by atoms with Crippen molar-refractivity contribution < 1.29 is 35.9 Å². The molecule has 32 heavy (non-hydrogen) atoms. The van der Waals surface area contributed by atoms with Gasteiger partial charge in [0.25, 0.3) is 5.91 Å². The number of nitrogens with zero attached hydrogens (tertiary/aromatic N) is 2. The Balaban J connectivity index is 1.43. The highest BCUT2D eigenvalue weighted by Crippen LogP contribution is 2.31. The summed E-state index contributed by atoms with van der Waals surface area (Å²) in [6.07, 6.45) is -5.43. The molecule has 0 radical (unpaired) electrons. The average molecular weight is 468 g/mol.